The highest BCUT2D eigenvalue weighted by molar-refractivity contribution is 7.74. The van der Waals surface area contributed by atoms with Gasteiger partial charge in [-0.15, -0.1) is 0 Å². The Hall–Kier alpha value is -3.46. The van der Waals surface area contributed by atoms with Crippen molar-refractivity contribution < 1.29 is 63.7 Å². The van der Waals surface area contributed by atoms with Gasteiger partial charge in [-0.1, -0.05) is 59.6 Å². The zero-order valence-electron chi connectivity index (χ0n) is 35.3. The van der Waals surface area contributed by atoms with Gasteiger partial charge in [0.15, 0.2) is 11.4 Å². The number of primary amides is 1. The molecule has 60 heavy (non-hydrogen) atoms. The van der Waals surface area contributed by atoms with Gasteiger partial charge < -0.3 is 44.8 Å². The number of benzene rings is 1. The number of carbonyl (C=O) groups excluding carboxylic acids is 2. The fourth-order valence-corrected chi connectivity index (χ4v) is 7.89. The SMILES string of the molecule is CC.COc1ccc2nc(C(F)(F)F)c3c(c2c1)[C@H](F)C[C@]1(C[C@H]2COCN[C@]4(C(N)=O)C[C@H]4/C=C\CCCCC[C@H](NC(=O)OCC(C)(C)C)COCN2C1)O3.O.OS.[HH].[HH]. The number of alkyl halides is 4. The lowest BCUT2D eigenvalue weighted by Crippen LogP contribution is -2.47. The number of carbonyl (C=O) groups is 2. The van der Waals surface area contributed by atoms with Crippen LogP contribution in [0.3, 0.4) is 0 Å². The molecule has 1 saturated heterocycles. The van der Waals surface area contributed by atoms with E-state index in [9.17, 15) is 22.8 Å². The van der Waals surface area contributed by atoms with E-state index in [-0.39, 0.29) is 94.8 Å². The highest BCUT2D eigenvalue weighted by atomic mass is 32.1. The van der Waals surface area contributed by atoms with Crippen LogP contribution in [0.5, 0.6) is 11.5 Å². The molecule has 2 fully saturated rings. The van der Waals surface area contributed by atoms with Gasteiger partial charge in [-0.2, -0.15) is 13.2 Å². The van der Waals surface area contributed by atoms with Crippen molar-refractivity contribution in [2.24, 2.45) is 17.1 Å². The number of nitrogens with two attached hydrogens (primary N) is 1. The van der Waals surface area contributed by atoms with Gasteiger partial charge >= 0.3 is 12.3 Å². The first-order chi connectivity index (χ1) is 28.0. The Morgan fingerprint density at radius 1 is 1.12 bits per heavy atom. The number of nitrogens with zero attached hydrogens (tertiary/aromatic N) is 2. The summed E-state index contributed by atoms with van der Waals surface area (Å²) in [6.07, 6.45) is 1.30. The van der Waals surface area contributed by atoms with Gasteiger partial charge in [-0.3, -0.25) is 15.0 Å². The number of allylic oxidation sites excluding steroid dienone is 1. The molecule has 2 amide bonds. The summed E-state index contributed by atoms with van der Waals surface area (Å²) in [6.45, 7) is 10.4. The third-order valence-corrected chi connectivity index (χ3v) is 10.8. The Morgan fingerprint density at radius 3 is 2.52 bits per heavy atom. The predicted molar refractivity (Wildman–Crippen MR) is 226 cm³/mol. The molecule has 6 atom stereocenters. The number of aromatic nitrogens is 1. The maximum absolute atomic E-state index is 16.5. The molecule has 0 unspecified atom stereocenters. The van der Waals surface area contributed by atoms with Crippen LogP contribution < -0.4 is 25.8 Å². The molecule has 7 N–H and O–H groups in total. The van der Waals surface area contributed by atoms with Gasteiger partial charge in [0.1, 0.15) is 23.1 Å². The Morgan fingerprint density at radius 2 is 1.85 bits per heavy atom. The second-order valence-electron chi connectivity index (χ2n) is 16.5. The van der Waals surface area contributed by atoms with E-state index in [1.165, 1.54) is 25.3 Å². The third-order valence-electron chi connectivity index (χ3n) is 10.8. The first-order valence-corrected chi connectivity index (χ1v) is 20.6. The number of nitrogens with one attached hydrogen (secondary N) is 2. The van der Waals surface area contributed by atoms with Crippen molar-refractivity contribution in [3.05, 3.63) is 41.6 Å². The summed E-state index contributed by atoms with van der Waals surface area (Å²) in [5, 5.41) is 6.28. The zero-order valence-corrected chi connectivity index (χ0v) is 36.2. The Bertz CT molecular complexity index is 1770. The topological polar surface area (TPSA) is 198 Å². The molecule has 14 nitrogen and oxygen atoms in total. The Balaban J connectivity index is 0.00000267. The van der Waals surface area contributed by atoms with Crippen LogP contribution in [0.25, 0.3) is 10.9 Å². The zero-order chi connectivity index (χ0) is 43.6. The monoisotopic (exact) mass is 881 g/mol. The number of pyridine rings is 1. The number of rotatable bonds is 4. The molecule has 2 aromatic rings. The van der Waals surface area contributed by atoms with Gasteiger partial charge in [0.2, 0.25) is 5.91 Å². The number of methoxy groups -OCH3 is 1. The molecule has 6 rings (SSSR count). The van der Waals surface area contributed by atoms with Crippen LogP contribution in [0.15, 0.2) is 30.4 Å². The van der Waals surface area contributed by atoms with Crippen LogP contribution in [0.2, 0.25) is 0 Å². The second kappa shape index (κ2) is 22.1. The lowest BCUT2D eigenvalue weighted by atomic mass is 9.86. The summed E-state index contributed by atoms with van der Waals surface area (Å²) in [4.78, 5) is 31.0. The smallest absolute Gasteiger partial charge is 0.437 e. The summed E-state index contributed by atoms with van der Waals surface area (Å²) < 4.78 is 96.1. The molecule has 3 aliphatic heterocycles. The van der Waals surface area contributed by atoms with E-state index in [1.807, 2.05) is 45.6 Å². The standard InChI is InChI=1S/C39H53F4N5O7.C2H6.H2OS.H2O.2H2/c1-36(2,3)21-54-35(50)46-25-11-9-7-5-6-8-10-24-15-38(24,34(44)49)45-22-52-19-26-16-37(20-48(26)23-53-18-25)17-29(40)31-28-14-27(51-4)12-13-30(28)47-33(32(31)55-37)39(41,42)43;2*1-2;;;/h8,10,12-14,24-26,29,45H,5-7,9,11,15-23H2,1-4H3,(H2,44,49)(H,46,50);1-2H3;1-2H;1H2;2*1H/b10-8-;;;;;/t24-,25+,26+,29-,37+,38-;;;;;/m1...../s1. The lowest BCUT2D eigenvalue weighted by molar-refractivity contribution is -0.144. The van der Waals surface area contributed by atoms with Crippen molar-refractivity contribution in [2.75, 3.05) is 46.9 Å². The van der Waals surface area contributed by atoms with E-state index >= 15 is 4.39 Å². The maximum atomic E-state index is 16.5. The minimum atomic E-state index is -4.92. The molecular weight excluding hydrogens is 815 g/mol. The van der Waals surface area contributed by atoms with Crippen LogP contribution in [0.4, 0.5) is 22.4 Å². The van der Waals surface area contributed by atoms with Crippen LogP contribution in [0.1, 0.15) is 106 Å². The molecule has 4 heterocycles. The van der Waals surface area contributed by atoms with Crippen LogP contribution >= 0.6 is 12.9 Å². The Kier molecular flexibility index (Phi) is 18.7. The van der Waals surface area contributed by atoms with Crippen molar-refractivity contribution in [3.8, 4) is 11.5 Å². The summed E-state index contributed by atoms with van der Waals surface area (Å²) in [6, 6.07) is 3.48. The number of amides is 2. The molecule has 1 spiro atoms. The Labute approximate surface area is 358 Å². The van der Waals surface area contributed by atoms with E-state index in [0.29, 0.717) is 18.6 Å². The molecule has 1 aromatic heterocycles. The van der Waals surface area contributed by atoms with Crippen molar-refractivity contribution in [1.82, 2.24) is 20.5 Å². The number of alkyl carbamates (subject to hydrolysis) is 1. The first kappa shape index (κ1) is 50.9. The quantitative estimate of drug-likeness (QED) is 0.0888. The summed E-state index contributed by atoms with van der Waals surface area (Å²) in [7, 11) is 1.42. The first-order valence-electron chi connectivity index (χ1n) is 20.2. The van der Waals surface area contributed by atoms with Gasteiger partial charge in [0, 0.05) is 45.1 Å². The largest absolute Gasteiger partial charge is 0.497 e. The van der Waals surface area contributed by atoms with E-state index in [4.69, 9.17) is 34.0 Å². The van der Waals surface area contributed by atoms with Crippen LogP contribution in [-0.4, -0.2) is 102 Å². The van der Waals surface area contributed by atoms with Crippen molar-refractivity contribution in [3.63, 3.8) is 0 Å². The minimum absolute atomic E-state index is 0. The fraction of sp³-hybridized carbons (Fsp3) is 0.683. The average Bonchev–Trinajstić information content (AvgIpc) is 3.81. The van der Waals surface area contributed by atoms with E-state index in [1.54, 1.807) is 0 Å². The van der Waals surface area contributed by atoms with Gasteiger partial charge in [-0.25, -0.2) is 14.2 Å². The number of hydrogen-bond acceptors (Lipinski definition) is 12. The number of fused-ring (bicyclic) bond motifs is 5. The van der Waals surface area contributed by atoms with Crippen molar-refractivity contribution in [2.45, 2.75) is 122 Å². The van der Waals surface area contributed by atoms with Crippen LogP contribution in [-0.2, 0) is 25.2 Å². The second-order valence-corrected chi connectivity index (χ2v) is 16.5. The summed E-state index contributed by atoms with van der Waals surface area (Å²) in [5.41, 5.74) is 1.75. The van der Waals surface area contributed by atoms with Gasteiger partial charge in [0.25, 0.3) is 0 Å². The van der Waals surface area contributed by atoms with E-state index in [2.05, 4.69) is 34.6 Å². The number of thiol groups is 1. The minimum Gasteiger partial charge on any atom is -0.497 e. The molecule has 19 heteroatoms. The van der Waals surface area contributed by atoms with Gasteiger partial charge in [0.05, 0.1) is 52.0 Å². The molecule has 4 aliphatic rings. The average molecular weight is 882 g/mol. The fourth-order valence-electron chi connectivity index (χ4n) is 7.89. The number of halogens is 4. The molecule has 1 saturated carbocycles. The number of hydrogen-bond donors (Lipinski definition) is 5. The highest BCUT2D eigenvalue weighted by Gasteiger charge is 2.58. The molecule has 1 aliphatic carbocycles. The van der Waals surface area contributed by atoms with E-state index in [0.717, 1.165) is 25.7 Å². The molecule has 0 bridgehead atoms. The predicted octanol–water partition coefficient (Wildman–Crippen LogP) is 7.39. The summed E-state index contributed by atoms with van der Waals surface area (Å²) >= 11 is 2.53. The molecule has 344 valence electrons. The number of ether oxygens (including phenoxy) is 5. The third kappa shape index (κ3) is 12.8. The van der Waals surface area contributed by atoms with Crippen molar-refractivity contribution in [1.29, 1.82) is 0 Å². The summed E-state index contributed by atoms with van der Waals surface area (Å²) in [5.74, 6) is -0.842. The molecular formula is C41H67F4N5O9S. The van der Waals surface area contributed by atoms with Crippen LogP contribution in [0, 0.1) is 11.3 Å². The normalized spacial score (nSPS) is 28.1. The van der Waals surface area contributed by atoms with Crippen molar-refractivity contribution >= 4 is 35.8 Å². The molecule has 1 aromatic carbocycles. The lowest BCUT2D eigenvalue weighted by Gasteiger charge is -2.38. The van der Waals surface area contributed by atoms with E-state index < -0.39 is 53.0 Å². The van der Waals surface area contributed by atoms with Gasteiger partial charge in [-0.05, 0) is 62.2 Å². The highest BCUT2D eigenvalue weighted by Crippen LogP contribution is 2.53. The maximum Gasteiger partial charge on any atom is 0.437 e. The molecule has 0 radical (unpaired) electrons.